The van der Waals surface area contributed by atoms with Crippen molar-refractivity contribution in [1.29, 1.82) is 0 Å². The van der Waals surface area contributed by atoms with Crippen LogP contribution in [0, 0.1) is 11.8 Å². The largest absolute Gasteiger partial charge is 0.326 e. The number of hydrogen-bond donors (Lipinski definition) is 1. The molecule has 0 radical (unpaired) electrons. The van der Waals surface area contributed by atoms with Crippen molar-refractivity contribution in [3.63, 3.8) is 0 Å². The van der Waals surface area contributed by atoms with Crippen LogP contribution in [0.1, 0.15) is 52.4 Å². The lowest BCUT2D eigenvalue weighted by atomic mass is 9.81. The molecule has 1 aliphatic carbocycles. The highest BCUT2D eigenvalue weighted by atomic mass is 15.2. The van der Waals surface area contributed by atoms with Gasteiger partial charge in [-0.2, -0.15) is 0 Å². The van der Waals surface area contributed by atoms with Gasteiger partial charge in [0.2, 0.25) is 0 Å². The van der Waals surface area contributed by atoms with Crippen molar-refractivity contribution in [3.8, 4) is 0 Å². The van der Waals surface area contributed by atoms with Gasteiger partial charge in [-0.25, -0.2) is 0 Å². The van der Waals surface area contributed by atoms with Crippen LogP contribution >= 0.6 is 0 Å². The minimum absolute atomic E-state index is 0.437. The third kappa shape index (κ3) is 2.78. The van der Waals surface area contributed by atoms with Crippen LogP contribution in [0.4, 0.5) is 0 Å². The van der Waals surface area contributed by atoms with Gasteiger partial charge in [-0.1, -0.05) is 20.3 Å². The molecule has 94 valence electrons. The summed E-state index contributed by atoms with van der Waals surface area (Å²) >= 11 is 0. The molecule has 0 aromatic rings. The van der Waals surface area contributed by atoms with Gasteiger partial charge >= 0.3 is 0 Å². The van der Waals surface area contributed by atoms with Crippen LogP contribution in [0.2, 0.25) is 0 Å². The second-order valence-electron chi connectivity index (χ2n) is 6.06. The van der Waals surface area contributed by atoms with Crippen LogP contribution in [-0.2, 0) is 0 Å². The minimum atomic E-state index is 0.437. The lowest BCUT2D eigenvalue weighted by molar-refractivity contribution is 0.0712. The first kappa shape index (κ1) is 12.4. The van der Waals surface area contributed by atoms with Crippen molar-refractivity contribution >= 4 is 0 Å². The molecule has 4 atom stereocenters. The van der Waals surface area contributed by atoms with E-state index in [0.29, 0.717) is 12.1 Å². The lowest BCUT2D eigenvalue weighted by Crippen LogP contribution is -2.53. The van der Waals surface area contributed by atoms with Crippen LogP contribution in [-0.4, -0.2) is 30.1 Å². The molecule has 1 heterocycles. The molecule has 0 aromatic heterocycles. The highest BCUT2D eigenvalue weighted by Gasteiger charge is 2.32. The normalized spacial score (nSPS) is 42.2. The maximum atomic E-state index is 6.32. The number of likely N-dealkylation sites (tertiary alicyclic amines) is 1. The molecule has 2 heteroatoms. The van der Waals surface area contributed by atoms with Gasteiger partial charge in [0.25, 0.3) is 0 Å². The number of rotatable bonds is 2. The van der Waals surface area contributed by atoms with Gasteiger partial charge in [0.15, 0.2) is 0 Å². The fourth-order valence-electron chi connectivity index (χ4n) is 3.53. The summed E-state index contributed by atoms with van der Waals surface area (Å²) in [7, 11) is 0. The van der Waals surface area contributed by atoms with Gasteiger partial charge in [-0.15, -0.1) is 0 Å². The average molecular weight is 224 g/mol. The van der Waals surface area contributed by atoms with E-state index in [4.69, 9.17) is 5.73 Å². The number of nitrogens with two attached hydrogens (primary N) is 1. The molecule has 1 aliphatic heterocycles. The van der Waals surface area contributed by atoms with Crippen LogP contribution in [0.5, 0.6) is 0 Å². The molecule has 4 unspecified atom stereocenters. The van der Waals surface area contributed by atoms with E-state index in [1.54, 1.807) is 0 Å². The summed E-state index contributed by atoms with van der Waals surface area (Å²) in [5, 5.41) is 0. The Morgan fingerprint density at radius 2 is 2.06 bits per heavy atom. The maximum absolute atomic E-state index is 6.32. The summed E-state index contributed by atoms with van der Waals surface area (Å²) in [5.41, 5.74) is 6.32. The summed E-state index contributed by atoms with van der Waals surface area (Å²) in [4.78, 5) is 2.71. The van der Waals surface area contributed by atoms with E-state index in [0.717, 1.165) is 11.8 Å². The fraction of sp³-hybridized carbons (Fsp3) is 1.00. The fourth-order valence-corrected chi connectivity index (χ4v) is 3.53. The Bertz CT molecular complexity index is 217. The number of piperidine rings is 1. The van der Waals surface area contributed by atoms with Crippen molar-refractivity contribution in [2.75, 3.05) is 13.1 Å². The van der Waals surface area contributed by atoms with Gasteiger partial charge in [0.05, 0.1) is 0 Å². The predicted molar refractivity (Wildman–Crippen MR) is 69.4 cm³/mol. The second kappa shape index (κ2) is 5.50. The third-order valence-corrected chi connectivity index (χ3v) is 4.73. The Kier molecular flexibility index (Phi) is 4.26. The monoisotopic (exact) mass is 224 g/mol. The Hall–Kier alpha value is -0.0800. The molecule has 2 N–H and O–H groups in total. The molecule has 2 aliphatic rings. The quantitative estimate of drug-likeness (QED) is 0.781. The Morgan fingerprint density at radius 1 is 1.25 bits per heavy atom. The van der Waals surface area contributed by atoms with Crippen molar-refractivity contribution in [1.82, 2.24) is 4.90 Å². The smallest absolute Gasteiger partial charge is 0.0249 e. The molecule has 2 fully saturated rings. The third-order valence-electron chi connectivity index (χ3n) is 4.73. The molecule has 2 nitrogen and oxygen atoms in total. The molecule has 0 spiro atoms. The van der Waals surface area contributed by atoms with E-state index in [1.165, 1.54) is 51.6 Å². The molecule has 0 bridgehead atoms. The Balaban J connectivity index is 1.94. The molecule has 2 rings (SSSR count). The Labute approximate surface area is 101 Å². The minimum Gasteiger partial charge on any atom is -0.326 e. The van der Waals surface area contributed by atoms with Crippen molar-refractivity contribution < 1.29 is 0 Å². The highest BCUT2D eigenvalue weighted by Crippen LogP contribution is 2.30. The molecule has 16 heavy (non-hydrogen) atoms. The summed E-state index contributed by atoms with van der Waals surface area (Å²) in [6, 6.07) is 1.12. The summed E-state index contributed by atoms with van der Waals surface area (Å²) in [6.07, 6.45) is 8.06. The van der Waals surface area contributed by atoms with Gasteiger partial charge < -0.3 is 5.73 Å². The molecule has 1 saturated carbocycles. The first-order valence-electron chi connectivity index (χ1n) is 7.20. The van der Waals surface area contributed by atoms with E-state index >= 15 is 0 Å². The van der Waals surface area contributed by atoms with E-state index in [2.05, 4.69) is 18.7 Å². The van der Waals surface area contributed by atoms with Gasteiger partial charge in [0.1, 0.15) is 0 Å². The highest BCUT2D eigenvalue weighted by molar-refractivity contribution is 4.90. The standard InChI is InChI=1S/C14H28N2/c1-3-12-5-4-8-16(10-12)14-9-11(2)6-7-13(14)15/h11-14H,3-10,15H2,1-2H3. The van der Waals surface area contributed by atoms with E-state index in [9.17, 15) is 0 Å². The van der Waals surface area contributed by atoms with Crippen LogP contribution < -0.4 is 5.73 Å². The van der Waals surface area contributed by atoms with E-state index in [-0.39, 0.29) is 0 Å². The number of hydrogen-bond acceptors (Lipinski definition) is 2. The molecular weight excluding hydrogens is 196 g/mol. The zero-order chi connectivity index (χ0) is 11.5. The van der Waals surface area contributed by atoms with Crippen LogP contribution in [0.15, 0.2) is 0 Å². The predicted octanol–water partition coefficient (Wildman–Crippen LogP) is 2.62. The molecule has 0 aromatic carbocycles. The molecular formula is C14H28N2. The van der Waals surface area contributed by atoms with Crippen molar-refractivity contribution in [2.24, 2.45) is 17.6 Å². The summed E-state index contributed by atoms with van der Waals surface area (Å²) < 4.78 is 0. The molecule has 1 saturated heterocycles. The van der Waals surface area contributed by atoms with Gasteiger partial charge in [-0.3, -0.25) is 4.90 Å². The average Bonchev–Trinajstić information content (AvgIpc) is 2.32. The van der Waals surface area contributed by atoms with E-state index in [1.807, 2.05) is 0 Å². The topological polar surface area (TPSA) is 29.3 Å². The summed E-state index contributed by atoms with van der Waals surface area (Å²) in [5.74, 6) is 1.81. The van der Waals surface area contributed by atoms with Crippen LogP contribution in [0.25, 0.3) is 0 Å². The summed E-state index contributed by atoms with van der Waals surface area (Å²) in [6.45, 7) is 7.32. The van der Waals surface area contributed by atoms with Gasteiger partial charge in [-0.05, 0) is 50.5 Å². The Morgan fingerprint density at radius 3 is 2.81 bits per heavy atom. The zero-order valence-electron chi connectivity index (χ0n) is 11.0. The van der Waals surface area contributed by atoms with Crippen molar-refractivity contribution in [2.45, 2.75) is 64.5 Å². The van der Waals surface area contributed by atoms with E-state index < -0.39 is 0 Å². The number of nitrogens with zero attached hydrogens (tertiary/aromatic N) is 1. The first-order chi connectivity index (χ1) is 7.70. The second-order valence-corrected chi connectivity index (χ2v) is 6.06. The van der Waals surface area contributed by atoms with Gasteiger partial charge in [0, 0.05) is 18.6 Å². The lowest BCUT2D eigenvalue weighted by Gasteiger charge is -2.44. The van der Waals surface area contributed by atoms with Crippen LogP contribution in [0.3, 0.4) is 0 Å². The SMILES string of the molecule is CCC1CCCN(C2CC(C)CCC2N)C1. The first-order valence-corrected chi connectivity index (χ1v) is 7.20. The van der Waals surface area contributed by atoms with Crippen molar-refractivity contribution in [3.05, 3.63) is 0 Å². The maximum Gasteiger partial charge on any atom is 0.0249 e. The zero-order valence-corrected chi connectivity index (χ0v) is 11.0. The molecule has 0 amide bonds.